The minimum atomic E-state index is 0.255. The van der Waals surface area contributed by atoms with E-state index in [1.807, 2.05) is 0 Å². The highest BCUT2D eigenvalue weighted by Crippen LogP contribution is 2.49. The molecule has 102 valence electrons. The van der Waals surface area contributed by atoms with Crippen LogP contribution in [0.3, 0.4) is 0 Å². The van der Waals surface area contributed by atoms with Crippen LogP contribution in [0.25, 0.3) is 0 Å². The van der Waals surface area contributed by atoms with E-state index in [9.17, 15) is 4.79 Å². The van der Waals surface area contributed by atoms with Crippen LogP contribution >= 0.6 is 0 Å². The Morgan fingerprint density at radius 2 is 1.89 bits per heavy atom. The first-order valence-corrected chi connectivity index (χ1v) is 7.80. The number of carbonyl (C=O) groups excluding carboxylic acids is 1. The summed E-state index contributed by atoms with van der Waals surface area (Å²) in [5.41, 5.74) is 5.75. The van der Waals surface area contributed by atoms with Gasteiger partial charge in [-0.15, -0.1) is 0 Å². The van der Waals surface area contributed by atoms with E-state index in [2.05, 4.69) is 5.32 Å². The fourth-order valence-corrected chi connectivity index (χ4v) is 3.76. The molecule has 0 aliphatic heterocycles. The quantitative estimate of drug-likeness (QED) is 0.784. The van der Waals surface area contributed by atoms with Crippen molar-refractivity contribution < 1.29 is 4.79 Å². The van der Waals surface area contributed by atoms with Crippen LogP contribution in [0.2, 0.25) is 0 Å². The number of hydrogen-bond acceptors (Lipinski definition) is 2. The van der Waals surface area contributed by atoms with E-state index < -0.39 is 0 Å². The zero-order valence-electron chi connectivity index (χ0n) is 11.2. The standard InChI is InChI=1S/C15H26N2O/c16-9-14(11-6-7-11)17-15(18)13-8-12(13)10-4-2-1-3-5-10/h10-14H,1-9,16H2,(H,17,18). The molecule has 0 aromatic rings. The van der Waals surface area contributed by atoms with Gasteiger partial charge in [0.2, 0.25) is 5.91 Å². The first kappa shape index (κ1) is 12.5. The average molecular weight is 250 g/mol. The minimum Gasteiger partial charge on any atom is -0.352 e. The monoisotopic (exact) mass is 250 g/mol. The molecule has 18 heavy (non-hydrogen) atoms. The maximum absolute atomic E-state index is 12.2. The van der Waals surface area contributed by atoms with Crippen LogP contribution in [-0.4, -0.2) is 18.5 Å². The van der Waals surface area contributed by atoms with Crippen molar-refractivity contribution in [2.45, 2.75) is 57.4 Å². The van der Waals surface area contributed by atoms with Gasteiger partial charge in [0.25, 0.3) is 0 Å². The van der Waals surface area contributed by atoms with E-state index in [4.69, 9.17) is 5.73 Å². The van der Waals surface area contributed by atoms with Gasteiger partial charge in [-0.3, -0.25) is 4.79 Å². The Kier molecular flexibility index (Phi) is 3.60. The van der Waals surface area contributed by atoms with Gasteiger partial charge >= 0.3 is 0 Å². The molecule has 0 saturated heterocycles. The second-order valence-corrected chi connectivity index (χ2v) is 6.59. The van der Waals surface area contributed by atoms with Crippen molar-refractivity contribution in [3.63, 3.8) is 0 Å². The number of amides is 1. The molecule has 3 aliphatic rings. The summed E-state index contributed by atoms with van der Waals surface area (Å²) < 4.78 is 0. The number of carbonyl (C=O) groups is 1. The molecule has 0 aromatic carbocycles. The van der Waals surface area contributed by atoms with Gasteiger partial charge in [0, 0.05) is 18.5 Å². The van der Waals surface area contributed by atoms with Gasteiger partial charge in [0.05, 0.1) is 0 Å². The fraction of sp³-hybridized carbons (Fsp3) is 0.933. The molecule has 3 nitrogen and oxygen atoms in total. The van der Waals surface area contributed by atoms with Crippen molar-refractivity contribution in [1.29, 1.82) is 0 Å². The lowest BCUT2D eigenvalue weighted by molar-refractivity contribution is -0.123. The molecule has 0 aromatic heterocycles. The molecule has 3 saturated carbocycles. The van der Waals surface area contributed by atoms with Crippen LogP contribution in [0.1, 0.15) is 51.4 Å². The normalized spacial score (nSPS) is 34.1. The maximum atomic E-state index is 12.2. The number of nitrogens with one attached hydrogen (secondary N) is 1. The number of nitrogens with two attached hydrogens (primary N) is 1. The highest BCUT2D eigenvalue weighted by atomic mass is 16.2. The molecule has 3 atom stereocenters. The van der Waals surface area contributed by atoms with Crippen LogP contribution in [0, 0.1) is 23.7 Å². The van der Waals surface area contributed by atoms with Crippen LogP contribution in [-0.2, 0) is 4.79 Å². The largest absolute Gasteiger partial charge is 0.352 e. The molecule has 3 heteroatoms. The third kappa shape index (κ3) is 2.71. The van der Waals surface area contributed by atoms with Crippen molar-refractivity contribution in [2.24, 2.45) is 29.4 Å². The molecule has 0 heterocycles. The van der Waals surface area contributed by atoms with Crippen LogP contribution < -0.4 is 11.1 Å². The van der Waals surface area contributed by atoms with Gasteiger partial charge in [-0.05, 0) is 37.0 Å². The highest BCUT2D eigenvalue weighted by molar-refractivity contribution is 5.82. The summed E-state index contributed by atoms with van der Waals surface area (Å²) in [5.74, 6) is 2.83. The second-order valence-electron chi connectivity index (χ2n) is 6.59. The van der Waals surface area contributed by atoms with Crippen LogP contribution in [0.15, 0.2) is 0 Å². The summed E-state index contributed by atoms with van der Waals surface area (Å²) in [6, 6.07) is 0.255. The van der Waals surface area contributed by atoms with Gasteiger partial charge in [-0.1, -0.05) is 32.1 Å². The van der Waals surface area contributed by atoms with Crippen LogP contribution in [0.4, 0.5) is 0 Å². The van der Waals surface area contributed by atoms with E-state index >= 15 is 0 Å². The first-order chi connectivity index (χ1) is 8.79. The Labute approximate surface area is 110 Å². The van der Waals surface area contributed by atoms with Gasteiger partial charge in [-0.2, -0.15) is 0 Å². The topological polar surface area (TPSA) is 55.1 Å². The molecule has 3 aliphatic carbocycles. The molecule has 3 unspecified atom stereocenters. The van der Waals surface area contributed by atoms with E-state index in [0.717, 1.165) is 12.3 Å². The van der Waals surface area contributed by atoms with Crippen molar-refractivity contribution >= 4 is 5.91 Å². The third-order valence-electron chi connectivity index (χ3n) is 5.20. The Morgan fingerprint density at radius 1 is 1.17 bits per heavy atom. The van der Waals surface area contributed by atoms with Crippen molar-refractivity contribution in [3.8, 4) is 0 Å². The maximum Gasteiger partial charge on any atom is 0.223 e. The lowest BCUT2D eigenvalue weighted by Crippen LogP contribution is -2.42. The molecule has 0 spiro atoms. The smallest absolute Gasteiger partial charge is 0.223 e. The summed E-state index contributed by atoms with van der Waals surface area (Å²) in [6.45, 7) is 0.608. The predicted molar refractivity (Wildman–Crippen MR) is 71.9 cm³/mol. The summed E-state index contributed by atoms with van der Waals surface area (Å²) in [5, 5.41) is 3.20. The van der Waals surface area contributed by atoms with Crippen LogP contribution in [0.5, 0.6) is 0 Å². The van der Waals surface area contributed by atoms with Crippen molar-refractivity contribution in [1.82, 2.24) is 5.32 Å². The SMILES string of the molecule is NCC(NC(=O)C1CC1C1CCCCC1)C1CC1. The van der Waals surface area contributed by atoms with Crippen molar-refractivity contribution in [3.05, 3.63) is 0 Å². The molecular weight excluding hydrogens is 224 g/mol. The molecule has 0 bridgehead atoms. The Hall–Kier alpha value is -0.570. The highest BCUT2D eigenvalue weighted by Gasteiger charge is 2.48. The minimum absolute atomic E-state index is 0.255. The summed E-state index contributed by atoms with van der Waals surface area (Å²) in [6.07, 6.45) is 10.5. The second kappa shape index (κ2) is 5.20. The molecule has 1 amide bonds. The van der Waals surface area contributed by atoms with Gasteiger partial charge < -0.3 is 11.1 Å². The molecule has 3 fully saturated rings. The first-order valence-electron chi connectivity index (χ1n) is 7.80. The van der Waals surface area contributed by atoms with Crippen molar-refractivity contribution in [2.75, 3.05) is 6.54 Å². The molecule has 3 N–H and O–H groups in total. The Morgan fingerprint density at radius 3 is 2.50 bits per heavy atom. The molecular formula is C15H26N2O. The fourth-order valence-electron chi connectivity index (χ4n) is 3.76. The Bertz CT molecular complexity index is 308. The number of rotatable bonds is 5. The van der Waals surface area contributed by atoms with Gasteiger partial charge in [0.1, 0.15) is 0 Å². The summed E-state index contributed by atoms with van der Waals surface area (Å²) in [7, 11) is 0. The Balaban J connectivity index is 1.46. The lowest BCUT2D eigenvalue weighted by Gasteiger charge is -2.22. The summed E-state index contributed by atoms with van der Waals surface area (Å²) >= 11 is 0. The summed E-state index contributed by atoms with van der Waals surface area (Å²) in [4.78, 5) is 12.2. The zero-order chi connectivity index (χ0) is 12.5. The van der Waals surface area contributed by atoms with E-state index in [-0.39, 0.29) is 6.04 Å². The molecule has 0 radical (unpaired) electrons. The van der Waals surface area contributed by atoms with E-state index in [1.165, 1.54) is 44.9 Å². The molecule has 3 rings (SSSR count). The third-order valence-corrected chi connectivity index (χ3v) is 5.20. The van der Waals surface area contributed by atoms with E-state index in [1.54, 1.807) is 0 Å². The number of hydrogen-bond donors (Lipinski definition) is 2. The van der Waals surface area contributed by atoms with E-state index in [0.29, 0.717) is 30.2 Å². The zero-order valence-corrected chi connectivity index (χ0v) is 11.2. The van der Waals surface area contributed by atoms with Gasteiger partial charge in [-0.25, -0.2) is 0 Å². The average Bonchev–Trinajstić information content (AvgIpc) is 3.29. The predicted octanol–water partition coefficient (Wildman–Crippen LogP) is 2.06. The van der Waals surface area contributed by atoms with Gasteiger partial charge in [0.15, 0.2) is 0 Å². The lowest BCUT2D eigenvalue weighted by atomic mass is 9.85.